The zero-order valence-corrected chi connectivity index (χ0v) is 12.1. The van der Waals surface area contributed by atoms with Gasteiger partial charge in [0.25, 0.3) is 5.91 Å². The van der Waals surface area contributed by atoms with Crippen LogP contribution in [0.15, 0.2) is 12.1 Å². The van der Waals surface area contributed by atoms with Gasteiger partial charge in [0.05, 0.1) is 5.69 Å². The lowest BCUT2D eigenvalue weighted by Crippen LogP contribution is -2.36. The Hall–Kier alpha value is -1.62. The third-order valence-corrected chi connectivity index (χ3v) is 2.64. The molecule has 0 saturated heterocycles. The number of rotatable bonds is 7. The van der Waals surface area contributed by atoms with E-state index in [0.717, 1.165) is 17.8 Å². The molecule has 1 atom stereocenters. The van der Waals surface area contributed by atoms with E-state index >= 15 is 0 Å². The van der Waals surface area contributed by atoms with Crippen LogP contribution in [0, 0.1) is 6.92 Å². The van der Waals surface area contributed by atoms with Crippen LogP contribution in [0.5, 0.6) is 5.75 Å². The van der Waals surface area contributed by atoms with E-state index in [-0.39, 0.29) is 5.91 Å². The van der Waals surface area contributed by atoms with Crippen molar-refractivity contribution in [3.05, 3.63) is 23.5 Å². The van der Waals surface area contributed by atoms with Gasteiger partial charge >= 0.3 is 0 Å². The summed E-state index contributed by atoms with van der Waals surface area (Å²) in [4.78, 5) is 16.2. The van der Waals surface area contributed by atoms with Gasteiger partial charge in [-0.2, -0.15) is 0 Å². The lowest BCUT2D eigenvalue weighted by atomic mass is 10.2. The summed E-state index contributed by atoms with van der Waals surface area (Å²) >= 11 is 0. The van der Waals surface area contributed by atoms with Gasteiger partial charge in [-0.3, -0.25) is 9.78 Å². The SMILES string of the molecule is CCCNC(=O)C(C)Oc1ccc(C)nc1CNC. The van der Waals surface area contributed by atoms with Crippen LogP contribution in [0.4, 0.5) is 0 Å². The minimum Gasteiger partial charge on any atom is -0.479 e. The number of aromatic nitrogens is 1. The Balaban J connectivity index is 2.72. The van der Waals surface area contributed by atoms with Crippen molar-refractivity contribution in [2.75, 3.05) is 13.6 Å². The molecule has 0 saturated carbocycles. The highest BCUT2D eigenvalue weighted by Gasteiger charge is 2.16. The Morgan fingerprint density at radius 1 is 1.47 bits per heavy atom. The number of carbonyl (C=O) groups is 1. The number of ether oxygens (including phenoxy) is 1. The van der Waals surface area contributed by atoms with Crippen molar-refractivity contribution < 1.29 is 9.53 Å². The van der Waals surface area contributed by atoms with Crippen molar-refractivity contribution in [3.63, 3.8) is 0 Å². The van der Waals surface area contributed by atoms with Crippen LogP contribution in [0.1, 0.15) is 31.7 Å². The molecule has 1 rings (SSSR count). The molecule has 0 spiro atoms. The summed E-state index contributed by atoms with van der Waals surface area (Å²) in [6, 6.07) is 3.74. The molecule has 1 amide bonds. The van der Waals surface area contributed by atoms with Crippen LogP contribution >= 0.6 is 0 Å². The summed E-state index contributed by atoms with van der Waals surface area (Å²) in [5.74, 6) is 0.553. The maximum absolute atomic E-state index is 11.8. The van der Waals surface area contributed by atoms with E-state index in [1.165, 1.54) is 0 Å². The van der Waals surface area contributed by atoms with E-state index < -0.39 is 6.10 Å². The Labute approximate surface area is 114 Å². The molecule has 0 aromatic carbocycles. The molecule has 0 radical (unpaired) electrons. The lowest BCUT2D eigenvalue weighted by Gasteiger charge is -2.17. The molecule has 0 aliphatic carbocycles. The highest BCUT2D eigenvalue weighted by molar-refractivity contribution is 5.80. The summed E-state index contributed by atoms with van der Waals surface area (Å²) in [6.07, 6.45) is 0.391. The minimum atomic E-state index is -0.522. The second kappa shape index (κ2) is 7.74. The normalized spacial score (nSPS) is 12.0. The van der Waals surface area contributed by atoms with Crippen LogP contribution in [0.2, 0.25) is 0 Å². The second-order valence-corrected chi connectivity index (χ2v) is 4.48. The van der Waals surface area contributed by atoms with E-state index in [1.807, 2.05) is 33.0 Å². The van der Waals surface area contributed by atoms with Crippen molar-refractivity contribution in [2.24, 2.45) is 0 Å². The first-order valence-electron chi connectivity index (χ1n) is 6.64. The number of nitrogens with one attached hydrogen (secondary N) is 2. The highest BCUT2D eigenvalue weighted by atomic mass is 16.5. The Morgan fingerprint density at radius 2 is 2.21 bits per heavy atom. The van der Waals surface area contributed by atoms with Gasteiger partial charge < -0.3 is 15.4 Å². The van der Waals surface area contributed by atoms with Crippen LogP contribution in [0.25, 0.3) is 0 Å². The van der Waals surface area contributed by atoms with Crippen molar-refractivity contribution in [3.8, 4) is 5.75 Å². The molecular formula is C14H23N3O2. The average molecular weight is 265 g/mol. The molecule has 2 N–H and O–H groups in total. The number of aryl methyl sites for hydroxylation is 1. The van der Waals surface area contributed by atoms with Gasteiger partial charge in [-0.05, 0) is 39.4 Å². The predicted molar refractivity (Wildman–Crippen MR) is 75.1 cm³/mol. The van der Waals surface area contributed by atoms with Crippen LogP contribution in [0.3, 0.4) is 0 Å². The average Bonchev–Trinajstić information content (AvgIpc) is 2.39. The Bertz CT molecular complexity index is 421. The quantitative estimate of drug-likeness (QED) is 0.782. The van der Waals surface area contributed by atoms with Gasteiger partial charge in [0, 0.05) is 18.8 Å². The van der Waals surface area contributed by atoms with E-state index in [4.69, 9.17) is 4.74 Å². The maximum atomic E-state index is 11.8. The largest absolute Gasteiger partial charge is 0.479 e. The van der Waals surface area contributed by atoms with Crippen LogP contribution in [-0.4, -0.2) is 30.6 Å². The second-order valence-electron chi connectivity index (χ2n) is 4.48. The summed E-state index contributed by atoms with van der Waals surface area (Å²) in [5.41, 5.74) is 1.75. The fraction of sp³-hybridized carbons (Fsp3) is 0.571. The number of nitrogens with zero attached hydrogens (tertiary/aromatic N) is 1. The first kappa shape index (κ1) is 15.4. The molecule has 0 aliphatic rings. The first-order valence-corrected chi connectivity index (χ1v) is 6.64. The van der Waals surface area contributed by atoms with E-state index in [2.05, 4.69) is 15.6 Å². The van der Waals surface area contributed by atoms with Gasteiger partial charge in [-0.1, -0.05) is 6.92 Å². The zero-order chi connectivity index (χ0) is 14.3. The molecule has 19 heavy (non-hydrogen) atoms. The summed E-state index contributed by atoms with van der Waals surface area (Å²) in [5, 5.41) is 5.86. The molecule has 106 valence electrons. The molecule has 0 fully saturated rings. The molecule has 5 nitrogen and oxygen atoms in total. The standard InChI is InChI=1S/C14H23N3O2/c1-5-8-16-14(18)11(3)19-13-7-6-10(2)17-12(13)9-15-4/h6-7,11,15H,5,8-9H2,1-4H3,(H,16,18). The van der Waals surface area contributed by atoms with Gasteiger partial charge in [0.1, 0.15) is 5.75 Å². The van der Waals surface area contributed by atoms with Crippen LogP contribution in [-0.2, 0) is 11.3 Å². The summed E-state index contributed by atoms with van der Waals surface area (Å²) in [6.45, 7) is 6.97. The summed E-state index contributed by atoms with van der Waals surface area (Å²) < 4.78 is 5.70. The molecule has 1 aromatic heterocycles. The van der Waals surface area contributed by atoms with Gasteiger partial charge in [0.2, 0.25) is 0 Å². The molecule has 0 aliphatic heterocycles. The van der Waals surface area contributed by atoms with Gasteiger partial charge in [-0.15, -0.1) is 0 Å². The van der Waals surface area contributed by atoms with E-state index in [9.17, 15) is 4.79 Å². The topological polar surface area (TPSA) is 63.2 Å². The molecule has 0 bridgehead atoms. The molecule has 1 unspecified atom stereocenters. The molecular weight excluding hydrogens is 242 g/mol. The third-order valence-electron chi connectivity index (χ3n) is 2.64. The predicted octanol–water partition coefficient (Wildman–Crippen LogP) is 1.40. The van der Waals surface area contributed by atoms with Crippen molar-refractivity contribution in [1.29, 1.82) is 0 Å². The Morgan fingerprint density at radius 3 is 2.84 bits per heavy atom. The van der Waals surface area contributed by atoms with Gasteiger partial charge in [-0.25, -0.2) is 0 Å². The van der Waals surface area contributed by atoms with Crippen molar-refractivity contribution in [2.45, 2.75) is 39.8 Å². The fourth-order valence-corrected chi connectivity index (χ4v) is 1.64. The fourth-order valence-electron chi connectivity index (χ4n) is 1.64. The van der Waals surface area contributed by atoms with Crippen molar-refractivity contribution in [1.82, 2.24) is 15.6 Å². The van der Waals surface area contributed by atoms with Crippen molar-refractivity contribution >= 4 is 5.91 Å². The lowest BCUT2D eigenvalue weighted by molar-refractivity contribution is -0.127. The number of carbonyl (C=O) groups excluding carboxylic acids is 1. The zero-order valence-electron chi connectivity index (χ0n) is 12.1. The number of hydrogen-bond acceptors (Lipinski definition) is 4. The first-order chi connectivity index (χ1) is 9.08. The van der Waals surface area contributed by atoms with E-state index in [0.29, 0.717) is 18.8 Å². The van der Waals surface area contributed by atoms with E-state index in [1.54, 1.807) is 6.92 Å². The third kappa shape index (κ3) is 4.87. The number of hydrogen-bond donors (Lipinski definition) is 2. The van der Waals surface area contributed by atoms with Gasteiger partial charge in [0.15, 0.2) is 6.10 Å². The molecule has 1 heterocycles. The smallest absolute Gasteiger partial charge is 0.260 e. The van der Waals surface area contributed by atoms with Crippen LogP contribution < -0.4 is 15.4 Å². The summed E-state index contributed by atoms with van der Waals surface area (Å²) in [7, 11) is 1.85. The Kier molecular flexibility index (Phi) is 6.29. The molecule has 1 aromatic rings. The highest BCUT2D eigenvalue weighted by Crippen LogP contribution is 2.18. The number of amides is 1. The molecule has 5 heteroatoms. The monoisotopic (exact) mass is 265 g/mol. The number of pyridine rings is 1. The minimum absolute atomic E-state index is 0.0992. The maximum Gasteiger partial charge on any atom is 0.260 e.